The molecule has 0 bridgehead atoms. The Morgan fingerprint density at radius 2 is 1.85 bits per heavy atom. The van der Waals surface area contributed by atoms with E-state index in [1.54, 1.807) is 49.0 Å². The third-order valence-corrected chi connectivity index (χ3v) is 4.35. The van der Waals surface area contributed by atoms with E-state index in [2.05, 4.69) is 20.2 Å². The number of hydrogen-bond donors (Lipinski definition) is 1. The van der Waals surface area contributed by atoms with Crippen molar-refractivity contribution in [3.8, 4) is 5.95 Å². The van der Waals surface area contributed by atoms with Crippen molar-refractivity contribution in [1.82, 2.24) is 29.3 Å². The van der Waals surface area contributed by atoms with Crippen LogP contribution in [0.1, 0.15) is 5.76 Å². The molecule has 0 aliphatic heterocycles. The molecule has 0 aliphatic carbocycles. The van der Waals surface area contributed by atoms with Crippen LogP contribution >= 0.6 is 0 Å². The van der Waals surface area contributed by atoms with Crippen molar-refractivity contribution in [2.45, 2.75) is 6.54 Å². The molecule has 132 valence electrons. The van der Waals surface area contributed by atoms with Crippen molar-refractivity contribution >= 4 is 21.8 Å². The minimum atomic E-state index is -0.334. The molecule has 0 saturated heterocycles. The Hall–Kier alpha value is -4.01. The van der Waals surface area contributed by atoms with Crippen molar-refractivity contribution in [1.29, 1.82) is 0 Å². The SMILES string of the molecule is O=c1c2cc3c(=O)n(-c4ncn[nH]4)ccc3nc2ccn1Cc1ccco1. The number of pyridine rings is 3. The fourth-order valence-electron chi connectivity index (χ4n) is 3.04. The highest BCUT2D eigenvalue weighted by Gasteiger charge is 2.12. The van der Waals surface area contributed by atoms with Crippen molar-refractivity contribution < 1.29 is 4.42 Å². The molecule has 0 atom stereocenters. The molecule has 9 heteroatoms. The van der Waals surface area contributed by atoms with Gasteiger partial charge in [0.05, 0.1) is 34.6 Å². The highest BCUT2D eigenvalue weighted by molar-refractivity contribution is 5.91. The summed E-state index contributed by atoms with van der Waals surface area (Å²) in [6.45, 7) is 0.302. The van der Waals surface area contributed by atoms with Crippen LogP contribution in [0.5, 0.6) is 0 Å². The van der Waals surface area contributed by atoms with Gasteiger partial charge in [-0.1, -0.05) is 0 Å². The van der Waals surface area contributed by atoms with E-state index < -0.39 is 0 Å². The monoisotopic (exact) mass is 360 g/mol. The Kier molecular flexibility index (Phi) is 3.26. The number of aromatic amines is 1. The normalized spacial score (nSPS) is 11.4. The fraction of sp³-hybridized carbons (Fsp3) is 0.0556. The number of rotatable bonds is 3. The van der Waals surface area contributed by atoms with Gasteiger partial charge in [-0.05, 0) is 30.3 Å². The third kappa shape index (κ3) is 2.44. The Labute approximate surface area is 150 Å². The molecule has 0 fully saturated rings. The van der Waals surface area contributed by atoms with Crippen LogP contribution in [-0.2, 0) is 6.54 Å². The van der Waals surface area contributed by atoms with Gasteiger partial charge in [-0.25, -0.2) is 10.1 Å². The lowest BCUT2D eigenvalue weighted by Gasteiger charge is -2.07. The van der Waals surface area contributed by atoms with E-state index in [0.717, 1.165) is 0 Å². The number of H-pyrrole nitrogens is 1. The minimum Gasteiger partial charge on any atom is -0.467 e. The van der Waals surface area contributed by atoms with Crippen molar-refractivity contribution in [2.24, 2.45) is 0 Å². The Bertz CT molecular complexity index is 1380. The van der Waals surface area contributed by atoms with Gasteiger partial charge in [-0.3, -0.25) is 14.2 Å². The molecule has 5 heterocycles. The van der Waals surface area contributed by atoms with E-state index in [1.807, 2.05) is 0 Å². The summed E-state index contributed by atoms with van der Waals surface area (Å²) in [5, 5.41) is 7.10. The molecular weight excluding hydrogens is 348 g/mol. The average molecular weight is 360 g/mol. The molecule has 0 amide bonds. The second kappa shape index (κ2) is 5.77. The highest BCUT2D eigenvalue weighted by Crippen LogP contribution is 2.15. The van der Waals surface area contributed by atoms with E-state index in [9.17, 15) is 9.59 Å². The van der Waals surface area contributed by atoms with Crippen LogP contribution in [0.4, 0.5) is 0 Å². The number of nitrogens with one attached hydrogen (secondary N) is 1. The van der Waals surface area contributed by atoms with Crippen LogP contribution in [-0.4, -0.2) is 29.3 Å². The van der Waals surface area contributed by atoms with Gasteiger partial charge in [0.15, 0.2) is 0 Å². The standard InChI is InChI=1S/C18H12N6O3/c25-16-12-8-13-15(4-6-24(17(13)26)18-19-10-20-22-18)21-14(12)3-5-23(16)9-11-2-1-7-27-11/h1-8,10H,9H2,(H,19,20,22). The highest BCUT2D eigenvalue weighted by atomic mass is 16.3. The van der Waals surface area contributed by atoms with E-state index in [4.69, 9.17) is 4.42 Å². The Morgan fingerprint density at radius 1 is 1.04 bits per heavy atom. The summed E-state index contributed by atoms with van der Waals surface area (Å²) in [7, 11) is 0. The maximum Gasteiger partial charge on any atom is 0.266 e. The molecule has 5 aromatic rings. The second-order valence-corrected chi connectivity index (χ2v) is 5.98. The lowest BCUT2D eigenvalue weighted by molar-refractivity contribution is 0.490. The zero-order chi connectivity index (χ0) is 18.4. The summed E-state index contributed by atoms with van der Waals surface area (Å²) in [6.07, 6.45) is 6.12. The van der Waals surface area contributed by atoms with Crippen LogP contribution < -0.4 is 11.1 Å². The molecule has 9 nitrogen and oxygen atoms in total. The fourth-order valence-corrected chi connectivity index (χ4v) is 3.04. The van der Waals surface area contributed by atoms with Crippen molar-refractivity contribution in [3.05, 3.63) is 81.8 Å². The maximum atomic E-state index is 12.9. The summed E-state index contributed by atoms with van der Waals surface area (Å²) in [4.78, 5) is 34.2. The van der Waals surface area contributed by atoms with E-state index in [-0.39, 0.29) is 11.1 Å². The average Bonchev–Trinajstić information content (AvgIpc) is 3.38. The zero-order valence-electron chi connectivity index (χ0n) is 13.9. The molecule has 0 unspecified atom stereocenters. The van der Waals surface area contributed by atoms with Crippen LogP contribution in [0.15, 0.2) is 69.3 Å². The van der Waals surface area contributed by atoms with Gasteiger partial charge < -0.3 is 8.98 Å². The first-order valence-electron chi connectivity index (χ1n) is 8.14. The molecule has 5 aromatic heterocycles. The van der Waals surface area contributed by atoms with Crippen molar-refractivity contribution in [3.63, 3.8) is 0 Å². The topological polar surface area (TPSA) is 112 Å². The first-order chi connectivity index (χ1) is 13.2. The van der Waals surface area contributed by atoms with E-state index in [1.165, 1.54) is 15.5 Å². The predicted octanol–water partition coefficient (Wildman–Crippen LogP) is 1.46. The number of hydrogen-bond acceptors (Lipinski definition) is 6. The molecule has 0 saturated carbocycles. The number of aromatic nitrogens is 6. The summed E-state index contributed by atoms with van der Waals surface area (Å²) in [5.74, 6) is 0.961. The van der Waals surface area contributed by atoms with Gasteiger partial charge in [0, 0.05) is 12.4 Å². The molecule has 0 radical (unpaired) electrons. The number of fused-ring (bicyclic) bond motifs is 2. The molecule has 5 rings (SSSR count). The first kappa shape index (κ1) is 15.3. The van der Waals surface area contributed by atoms with Crippen molar-refractivity contribution in [2.75, 3.05) is 0 Å². The van der Waals surface area contributed by atoms with Gasteiger partial charge in [0.2, 0.25) is 5.95 Å². The van der Waals surface area contributed by atoms with Gasteiger partial charge in [-0.15, -0.1) is 0 Å². The van der Waals surface area contributed by atoms with Gasteiger partial charge in [0.1, 0.15) is 12.1 Å². The van der Waals surface area contributed by atoms with Crippen LogP contribution in [0.2, 0.25) is 0 Å². The largest absolute Gasteiger partial charge is 0.467 e. The van der Waals surface area contributed by atoms with Gasteiger partial charge >= 0.3 is 0 Å². The lowest BCUT2D eigenvalue weighted by atomic mass is 10.2. The first-order valence-corrected chi connectivity index (χ1v) is 8.14. The zero-order valence-corrected chi connectivity index (χ0v) is 13.9. The second-order valence-electron chi connectivity index (χ2n) is 5.98. The molecular formula is C18H12N6O3. The quantitative estimate of drug-likeness (QED) is 0.488. The predicted molar refractivity (Wildman–Crippen MR) is 96.9 cm³/mol. The van der Waals surface area contributed by atoms with Crippen LogP contribution in [0, 0.1) is 0 Å². The molecule has 0 aliphatic rings. The number of nitrogens with zero attached hydrogens (tertiary/aromatic N) is 5. The Balaban J connectivity index is 1.73. The maximum absolute atomic E-state index is 12.9. The van der Waals surface area contributed by atoms with E-state index in [0.29, 0.717) is 40.1 Å². The van der Waals surface area contributed by atoms with Crippen LogP contribution in [0.25, 0.3) is 27.8 Å². The summed E-state index contributed by atoms with van der Waals surface area (Å²) < 4.78 is 8.15. The number of furan rings is 1. The summed E-state index contributed by atoms with van der Waals surface area (Å²) >= 11 is 0. The van der Waals surface area contributed by atoms with Gasteiger partial charge in [-0.2, -0.15) is 10.1 Å². The minimum absolute atomic E-state index is 0.243. The molecule has 0 spiro atoms. The van der Waals surface area contributed by atoms with Gasteiger partial charge in [0.25, 0.3) is 11.1 Å². The third-order valence-electron chi connectivity index (χ3n) is 4.35. The molecule has 1 N–H and O–H groups in total. The smallest absolute Gasteiger partial charge is 0.266 e. The lowest BCUT2D eigenvalue weighted by Crippen LogP contribution is -2.22. The Morgan fingerprint density at radius 3 is 2.59 bits per heavy atom. The molecule has 27 heavy (non-hydrogen) atoms. The summed E-state index contributed by atoms with van der Waals surface area (Å²) in [6, 6.07) is 8.59. The summed E-state index contributed by atoms with van der Waals surface area (Å²) in [5.41, 5.74) is 0.457. The van der Waals surface area contributed by atoms with Crippen LogP contribution in [0.3, 0.4) is 0 Å². The van der Waals surface area contributed by atoms with E-state index >= 15 is 0 Å². The molecule has 0 aromatic carbocycles.